The molecular weight excluding hydrogens is 248 g/mol. The van der Waals surface area contributed by atoms with E-state index in [1.54, 1.807) is 0 Å². The first kappa shape index (κ1) is 13.3. The van der Waals surface area contributed by atoms with E-state index >= 15 is 0 Å². The topological polar surface area (TPSA) is 57.9 Å². The van der Waals surface area contributed by atoms with Crippen molar-refractivity contribution in [2.75, 3.05) is 19.6 Å². The third-order valence-corrected chi connectivity index (χ3v) is 4.02. The Balaban J connectivity index is 1.83. The summed E-state index contributed by atoms with van der Waals surface area (Å²) in [6.07, 6.45) is 4.34. The third kappa shape index (κ3) is 2.62. The molecule has 20 heavy (non-hydrogen) atoms. The highest BCUT2D eigenvalue weighted by molar-refractivity contribution is 5.59. The third-order valence-electron chi connectivity index (χ3n) is 4.02. The van der Waals surface area contributed by atoms with Crippen molar-refractivity contribution in [1.82, 2.24) is 14.9 Å². The predicted molar refractivity (Wildman–Crippen MR) is 81.4 cm³/mol. The lowest BCUT2D eigenvalue weighted by Gasteiger charge is -2.21. The number of aromatic amines is 1. The fourth-order valence-electron chi connectivity index (χ4n) is 3.03. The molecule has 0 bridgehead atoms. The molecule has 2 aromatic rings. The van der Waals surface area contributed by atoms with Crippen molar-refractivity contribution in [1.29, 1.82) is 0 Å². The fourth-order valence-corrected chi connectivity index (χ4v) is 3.03. The van der Waals surface area contributed by atoms with Gasteiger partial charge in [-0.2, -0.15) is 0 Å². The Labute approximate surface area is 120 Å². The van der Waals surface area contributed by atoms with Crippen LogP contribution in [0.3, 0.4) is 0 Å². The number of likely N-dealkylation sites (tertiary alicyclic amines) is 1. The van der Waals surface area contributed by atoms with Crippen LogP contribution in [0.15, 0.2) is 30.5 Å². The number of hydrogen-bond donors (Lipinski definition) is 2. The van der Waals surface area contributed by atoms with Crippen molar-refractivity contribution >= 4 is 0 Å². The van der Waals surface area contributed by atoms with E-state index in [0.29, 0.717) is 12.6 Å². The standard InChI is InChI=1S/C16H22N4/c1-12-4-2-5-13(10-12)14-11-18-16(19-14)15-6-3-8-20(15)9-7-17/h2,4-5,10-11,15H,3,6-9,17H2,1H3,(H,18,19). The second kappa shape index (κ2) is 5.77. The van der Waals surface area contributed by atoms with Crippen molar-refractivity contribution in [2.45, 2.75) is 25.8 Å². The lowest BCUT2D eigenvalue weighted by Crippen LogP contribution is -2.29. The highest BCUT2D eigenvalue weighted by atomic mass is 15.2. The van der Waals surface area contributed by atoms with E-state index in [-0.39, 0.29) is 0 Å². The van der Waals surface area contributed by atoms with Gasteiger partial charge in [-0.05, 0) is 37.9 Å². The van der Waals surface area contributed by atoms with Gasteiger partial charge in [-0.3, -0.25) is 4.90 Å². The molecule has 0 aliphatic carbocycles. The highest BCUT2D eigenvalue weighted by Gasteiger charge is 2.27. The number of rotatable bonds is 4. The molecule has 1 fully saturated rings. The second-order valence-corrected chi connectivity index (χ2v) is 5.53. The van der Waals surface area contributed by atoms with Gasteiger partial charge in [0.15, 0.2) is 0 Å². The van der Waals surface area contributed by atoms with Crippen LogP contribution in [-0.2, 0) is 0 Å². The second-order valence-electron chi connectivity index (χ2n) is 5.53. The molecule has 1 aromatic carbocycles. The van der Waals surface area contributed by atoms with Gasteiger partial charge < -0.3 is 10.7 Å². The van der Waals surface area contributed by atoms with Crippen molar-refractivity contribution in [3.63, 3.8) is 0 Å². The molecule has 0 amide bonds. The Hall–Kier alpha value is -1.65. The lowest BCUT2D eigenvalue weighted by molar-refractivity contribution is 0.256. The normalized spacial score (nSPS) is 19.6. The van der Waals surface area contributed by atoms with E-state index in [9.17, 15) is 0 Å². The summed E-state index contributed by atoms with van der Waals surface area (Å²) < 4.78 is 0. The van der Waals surface area contributed by atoms with E-state index in [1.807, 2.05) is 6.20 Å². The summed E-state index contributed by atoms with van der Waals surface area (Å²) in [6, 6.07) is 8.90. The van der Waals surface area contributed by atoms with E-state index in [2.05, 4.69) is 46.1 Å². The summed E-state index contributed by atoms with van der Waals surface area (Å²) in [5.74, 6) is 1.08. The summed E-state index contributed by atoms with van der Waals surface area (Å²) in [6.45, 7) is 4.90. The zero-order valence-electron chi connectivity index (χ0n) is 12.0. The Morgan fingerprint density at radius 2 is 2.35 bits per heavy atom. The number of nitrogens with one attached hydrogen (secondary N) is 1. The van der Waals surface area contributed by atoms with Gasteiger partial charge in [-0.25, -0.2) is 4.98 Å². The molecule has 0 spiro atoms. The van der Waals surface area contributed by atoms with Crippen LogP contribution in [0.25, 0.3) is 11.3 Å². The van der Waals surface area contributed by atoms with Gasteiger partial charge in [0.05, 0.1) is 17.9 Å². The summed E-state index contributed by atoms with van der Waals surface area (Å²) in [5.41, 5.74) is 9.26. The lowest BCUT2D eigenvalue weighted by atomic mass is 10.1. The monoisotopic (exact) mass is 270 g/mol. The number of aryl methyl sites for hydroxylation is 1. The minimum atomic E-state index is 0.400. The number of aromatic nitrogens is 2. The van der Waals surface area contributed by atoms with Gasteiger partial charge in [0.25, 0.3) is 0 Å². The Morgan fingerprint density at radius 3 is 3.15 bits per heavy atom. The molecule has 4 heteroatoms. The first-order valence-corrected chi connectivity index (χ1v) is 7.34. The molecule has 4 nitrogen and oxygen atoms in total. The Kier molecular flexibility index (Phi) is 3.85. The van der Waals surface area contributed by atoms with Crippen LogP contribution < -0.4 is 5.73 Å². The van der Waals surface area contributed by atoms with Crippen LogP contribution >= 0.6 is 0 Å². The average molecular weight is 270 g/mol. The molecule has 1 unspecified atom stereocenters. The molecule has 1 atom stereocenters. The van der Waals surface area contributed by atoms with Gasteiger partial charge in [-0.1, -0.05) is 23.8 Å². The predicted octanol–water partition coefficient (Wildman–Crippen LogP) is 2.48. The Morgan fingerprint density at radius 1 is 1.45 bits per heavy atom. The number of hydrogen-bond acceptors (Lipinski definition) is 3. The van der Waals surface area contributed by atoms with Crippen LogP contribution in [0.4, 0.5) is 0 Å². The van der Waals surface area contributed by atoms with E-state index in [4.69, 9.17) is 5.73 Å². The summed E-state index contributed by atoms with van der Waals surface area (Å²) in [5, 5.41) is 0. The van der Waals surface area contributed by atoms with Gasteiger partial charge in [0.2, 0.25) is 0 Å². The van der Waals surface area contributed by atoms with E-state index < -0.39 is 0 Å². The van der Waals surface area contributed by atoms with E-state index in [1.165, 1.54) is 24.0 Å². The number of imidazole rings is 1. The SMILES string of the molecule is Cc1cccc(-c2cnc(C3CCCN3CCN)[nH]2)c1. The van der Waals surface area contributed by atoms with Crippen molar-refractivity contribution in [2.24, 2.45) is 5.73 Å². The van der Waals surface area contributed by atoms with Crippen LogP contribution in [0, 0.1) is 6.92 Å². The van der Waals surface area contributed by atoms with Crippen LogP contribution in [0.5, 0.6) is 0 Å². The summed E-state index contributed by atoms with van der Waals surface area (Å²) in [7, 11) is 0. The number of benzene rings is 1. The number of nitrogens with zero attached hydrogens (tertiary/aromatic N) is 2. The van der Waals surface area contributed by atoms with Gasteiger partial charge in [0.1, 0.15) is 5.82 Å². The molecule has 1 aliphatic rings. The van der Waals surface area contributed by atoms with Gasteiger partial charge >= 0.3 is 0 Å². The number of H-pyrrole nitrogens is 1. The fraction of sp³-hybridized carbons (Fsp3) is 0.438. The Bertz CT molecular complexity index is 575. The van der Waals surface area contributed by atoms with Crippen molar-refractivity contribution in [3.05, 3.63) is 41.9 Å². The minimum absolute atomic E-state index is 0.400. The summed E-state index contributed by atoms with van der Waals surface area (Å²) in [4.78, 5) is 10.5. The summed E-state index contributed by atoms with van der Waals surface area (Å²) >= 11 is 0. The van der Waals surface area contributed by atoms with Gasteiger partial charge in [0, 0.05) is 13.1 Å². The number of nitrogens with two attached hydrogens (primary N) is 1. The molecule has 0 radical (unpaired) electrons. The average Bonchev–Trinajstić information content (AvgIpc) is 3.07. The maximum atomic E-state index is 5.69. The molecule has 106 valence electrons. The maximum absolute atomic E-state index is 5.69. The quantitative estimate of drug-likeness (QED) is 0.897. The highest BCUT2D eigenvalue weighted by Crippen LogP contribution is 2.30. The van der Waals surface area contributed by atoms with Crippen LogP contribution in [0.2, 0.25) is 0 Å². The molecule has 0 saturated carbocycles. The van der Waals surface area contributed by atoms with Crippen LogP contribution in [0.1, 0.15) is 30.3 Å². The molecular formula is C16H22N4. The van der Waals surface area contributed by atoms with Crippen molar-refractivity contribution < 1.29 is 0 Å². The maximum Gasteiger partial charge on any atom is 0.123 e. The molecule has 1 saturated heterocycles. The molecule has 3 rings (SSSR count). The smallest absolute Gasteiger partial charge is 0.123 e. The largest absolute Gasteiger partial charge is 0.341 e. The van der Waals surface area contributed by atoms with Crippen molar-refractivity contribution in [3.8, 4) is 11.3 Å². The zero-order valence-corrected chi connectivity index (χ0v) is 12.0. The van der Waals surface area contributed by atoms with Gasteiger partial charge in [-0.15, -0.1) is 0 Å². The molecule has 3 N–H and O–H groups in total. The first-order chi connectivity index (χ1) is 9.78. The zero-order chi connectivity index (χ0) is 13.9. The van der Waals surface area contributed by atoms with E-state index in [0.717, 1.165) is 24.6 Å². The minimum Gasteiger partial charge on any atom is -0.341 e. The first-order valence-electron chi connectivity index (χ1n) is 7.34. The molecule has 2 heterocycles. The molecule has 1 aromatic heterocycles. The molecule has 1 aliphatic heterocycles. The van der Waals surface area contributed by atoms with Crippen LogP contribution in [-0.4, -0.2) is 34.5 Å².